The van der Waals surface area contributed by atoms with Gasteiger partial charge in [0.25, 0.3) is 0 Å². The Morgan fingerprint density at radius 2 is 1.77 bits per heavy atom. The van der Waals surface area contributed by atoms with Gasteiger partial charge in [-0.05, 0) is 30.4 Å². The second-order valence-corrected chi connectivity index (χ2v) is 3.77. The number of aliphatic hydroxyl groups is 2. The summed E-state index contributed by atoms with van der Waals surface area (Å²) in [6.07, 6.45) is 3.84. The van der Waals surface area contributed by atoms with E-state index in [9.17, 15) is 10.2 Å². The molecule has 2 atom stereocenters. The molecule has 1 rings (SSSR count). The van der Waals surface area contributed by atoms with E-state index in [4.69, 9.17) is 0 Å². The second-order valence-electron chi connectivity index (χ2n) is 3.77. The van der Waals surface area contributed by atoms with E-state index < -0.39 is 0 Å². The van der Waals surface area contributed by atoms with E-state index >= 15 is 0 Å². The van der Waals surface area contributed by atoms with Crippen molar-refractivity contribution < 1.29 is 10.2 Å². The monoisotopic (exact) mass is 184 g/mol. The Labute approximate surface area is 80.3 Å². The first-order valence-corrected chi connectivity index (χ1v) is 5.28. The smallest absolute Gasteiger partial charge is 0.0781 e. The molecule has 13 heavy (non-hydrogen) atoms. The first-order valence-electron chi connectivity index (χ1n) is 5.28. The van der Waals surface area contributed by atoms with E-state index in [0.717, 1.165) is 36.8 Å². The molecule has 0 radical (unpaired) electrons. The molecular weight excluding hydrogens is 164 g/mol. The third-order valence-corrected chi connectivity index (χ3v) is 2.84. The largest absolute Gasteiger partial charge is 0.389 e. The molecule has 2 N–H and O–H groups in total. The normalized spacial score (nSPS) is 28.6. The van der Waals surface area contributed by atoms with Crippen molar-refractivity contribution in [1.29, 1.82) is 0 Å². The standard InChI is InChI=1S/C11H20O2/c1-3-5-6-9-8(4-2)10(12)7-11(9)13/h10-13H,3-7H2,1-2H3. The van der Waals surface area contributed by atoms with Crippen molar-refractivity contribution in [3.8, 4) is 0 Å². The maximum atomic E-state index is 9.67. The first kappa shape index (κ1) is 10.7. The Kier molecular flexibility index (Phi) is 3.94. The fourth-order valence-corrected chi connectivity index (χ4v) is 2.08. The molecule has 0 saturated carbocycles. The molecule has 0 spiro atoms. The van der Waals surface area contributed by atoms with Crippen LogP contribution in [0.1, 0.15) is 46.0 Å². The van der Waals surface area contributed by atoms with Gasteiger partial charge in [-0.2, -0.15) is 0 Å². The quantitative estimate of drug-likeness (QED) is 0.656. The van der Waals surface area contributed by atoms with Crippen LogP contribution in [0, 0.1) is 0 Å². The molecule has 0 aliphatic heterocycles. The van der Waals surface area contributed by atoms with Crippen molar-refractivity contribution in [3.05, 3.63) is 11.1 Å². The zero-order valence-electron chi connectivity index (χ0n) is 8.58. The van der Waals surface area contributed by atoms with Gasteiger partial charge in [0.15, 0.2) is 0 Å². The third-order valence-electron chi connectivity index (χ3n) is 2.84. The van der Waals surface area contributed by atoms with Crippen molar-refractivity contribution in [2.45, 2.75) is 58.2 Å². The SMILES string of the molecule is CCCCC1=C(CC)C(O)CC1O. The zero-order valence-corrected chi connectivity index (χ0v) is 8.58. The van der Waals surface area contributed by atoms with Crippen LogP contribution in [0.25, 0.3) is 0 Å². The summed E-state index contributed by atoms with van der Waals surface area (Å²) >= 11 is 0. The summed E-state index contributed by atoms with van der Waals surface area (Å²) in [4.78, 5) is 0. The summed E-state index contributed by atoms with van der Waals surface area (Å²) in [6.45, 7) is 4.19. The van der Waals surface area contributed by atoms with Crippen LogP contribution in [-0.4, -0.2) is 22.4 Å². The third kappa shape index (κ3) is 2.32. The number of unbranched alkanes of at least 4 members (excludes halogenated alkanes) is 1. The van der Waals surface area contributed by atoms with Crippen LogP contribution in [0.4, 0.5) is 0 Å². The average molecular weight is 184 g/mol. The predicted molar refractivity (Wildman–Crippen MR) is 53.5 cm³/mol. The molecule has 0 bridgehead atoms. The lowest BCUT2D eigenvalue weighted by atomic mass is 10.0. The van der Waals surface area contributed by atoms with E-state index in [1.807, 2.05) is 6.92 Å². The Balaban J connectivity index is 2.67. The summed E-state index contributed by atoms with van der Waals surface area (Å²) < 4.78 is 0. The molecule has 2 heteroatoms. The first-order chi connectivity index (χ1) is 6.20. The Morgan fingerprint density at radius 1 is 1.15 bits per heavy atom. The minimum absolute atomic E-state index is 0.378. The number of hydrogen-bond acceptors (Lipinski definition) is 2. The van der Waals surface area contributed by atoms with Crippen LogP contribution in [0.5, 0.6) is 0 Å². The maximum absolute atomic E-state index is 9.67. The van der Waals surface area contributed by atoms with Gasteiger partial charge in [-0.25, -0.2) is 0 Å². The summed E-state index contributed by atoms with van der Waals surface area (Å²) in [5, 5.41) is 19.3. The molecule has 76 valence electrons. The molecule has 2 unspecified atom stereocenters. The maximum Gasteiger partial charge on any atom is 0.0781 e. The van der Waals surface area contributed by atoms with Crippen LogP contribution < -0.4 is 0 Å². The van der Waals surface area contributed by atoms with Gasteiger partial charge in [-0.15, -0.1) is 0 Å². The van der Waals surface area contributed by atoms with E-state index in [1.165, 1.54) is 0 Å². The Morgan fingerprint density at radius 3 is 2.31 bits per heavy atom. The molecule has 0 amide bonds. The molecular formula is C11H20O2. The summed E-state index contributed by atoms with van der Waals surface area (Å²) in [6, 6.07) is 0. The molecule has 1 aliphatic carbocycles. The van der Waals surface area contributed by atoms with Gasteiger partial charge in [0.1, 0.15) is 0 Å². The number of rotatable bonds is 4. The Hall–Kier alpha value is -0.340. The van der Waals surface area contributed by atoms with Crippen LogP contribution in [0.3, 0.4) is 0 Å². The van der Waals surface area contributed by atoms with Crippen LogP contribution >= 0.6 is 0 Å². The summed E-state index contributed by atoms with van der Waals surface area (Å²) in [5.41, 5.74) is 2.19. The van der Waals surface area contributed by atoms with Gasteiger partial charge < -0.3 is 10.2 Å². The van der Waals surface area contributed by atoms with Crippen LogP contribution in [-0.2, 0) is 0 Å². The van der Waals surface area contributed by atoms with E-state index in [-0.39, 0.29) is 12.2 Å². The lowest BCUT2D eigenvalue weighted by molar-refractivity contribution is 0.141. The minimum Gasteiger partial charge on any atom is -0.389 e. The van der Waals surface area contributed by atoms with Gasteiger partial charge >= 0.3 is 0 Å². The van der Waals surface area contributed by atoms with Crippen molar-refractivity contribution in [2.75, 3.05) is 0 Å². The van der Waals surface area contributed by atoms with Crippen molar-refractivity contribution in [2.24, 2.45) is 0 Å². The highest BCUT2D eigenvalue weighted by Crippen LogP contribution is 2.32. The predicted octanol–water partition coefficient (Wildman–Crippen LogP) is 2.01. The fraction of sp³-hybridized carbons (Fsp3) is 0.818. The number of hydrogen-bond donors (Lipinski definition) is 2. The lowest BCUT2D eigenvalue weighted by Crippen LogP contribution is -2.08. The minimum atomic E-state index is -0.383. The van der Waals surface area contributed by atoms with Gasteiger partial charge in [0, 0.05) is 6.42 Å². The summed E-state index contributed by atoms with van der Waals surface area (Å²) in [7, 11) is 0. The van der Waals surface area contributed by atoms with E-state index in [0.29, 0.717) is 6.42 Å². The molecule has 0 heterocycles. The average Bonchev–Trinajstić information content (AvgIpc) is 2.37. The fourth-order valence-electron chi connectivity index (χ4n) is 2.08. The molecule has 0 saturated heterocycles. The highest BCUT2D eigenvalue weighted by atomic mass is 16.3. The van der Waals surface area contributed by atoms with Crippen LogP contribution in [0.15, 0.2) is 11.1 Å². The zero-order chi connectivity index (χ0) is 9.84. The van der Waals surface area contributed by atoms with Crippen molar-refractivity contribution >= 4 is 0 Å². The molecule has 0 fully saturated rings. The van der Waals surface area contributed by atoms with Crippen molar-refractivity contribution in [3.63, 3.8) is 0 Å². The molecule has 0 aromatic carbocycles. The van der Waals surface area contributed by atoms with E-state index in [2.05, 4.69) is 6.92 Å². The van der Waals surface area contributed by atoms with Gasteiger partial charge in [0.05, 0.1) is 12.2 Å². The molecule has 0 aromatic heterocycles. The van der Waals surface area contributed by atoms with Crippen LogP contribution in [0.2, 0.25) is 0 Å². The van der Waals surface area contributed by atoms with Crippen molar-refractivity contribution in [1.82, 2.24) is 0 Å². The molecule has 2 nitrogen and oxygen atoms in total. The Bertz CT molecular complexity index is 196. The highest BCUT2D eigenvalue weighted by molar-refractivity contribution is 5.27. The second kappa shape index (κ2) is 4.77. The topological polar surface area (TPSA) is 40.5 Å². The van der Waals surface area contributed by atoms with Gasteiger partial charge in [-0.3, -0.25) is 0 Å². The van der Waals surface area contributed by atoms with Gasteiger partial charge in [0.2, 0.25) is 0 Å². The van der Waals surface area contributed by atoms with Gasteiger partial charge in [-0.1, -0.05) is 20.3 Å². The molecule has 1 aliphatic rings. The molecule has 0 aromatic rings. The van der Waals surface area contributed by atoms with E-state index in [1.54, 1.807) is 0 Å². The summed E-state index contributed by atoms with van der Waals surface area (Å²) in [5.74, 6) is 0. The number of aliphatic hydroxyl groups excluding tert-OH is 2. The lowest BCUT2D eigenvalue weighted by Gasteiger charge is -2.08. The highest BCUT2D eigenvalue weighted by Gasteiger charge is 2.28.